The largest absolute Gasteiger partial charge is 0.465 e. The first-order valence-electron chi connectivity index (χ1n) is 11.7. The average molecular weight is 474 g/mol. The van der Waals surface area contributed by atoms with Crippen molar-refractivity contribution in [3.8, 4) is 0 Å². The van der Waals surface area contributed by atoms with Gasteiger partial charge in [0.1, 0.15) is 6.04 Å². The zero-order valence-corrected chi connectivity index (χ0v) is 19.9. The van der Waals surface area contributed by atoms with Crippen LogP contribution in [0.2, 0.25) is 0 Å². The summed E-state index contributed by atoms with van der Waals surface area (Å²) in [5.41, 5.74) is 1.55. The van der Waals surface area contributed by atoms with Gasteiger partial charge in [-0.25, -0.2) is 4.79 Å². The minimum atomic E-state index is -1.29. The fourth-order valence-corrected chi connectivity index (χ4v) is 4.71. The minimum absolute atomic E-state index is 0.244. The number of nitrogens with one attached hydrogen (secondary N) is 1. The Balaban J connectivity index is 1.67. The molecule has 2 unspecified atom stereocenters. The van der Waals surface area contributed by atoms with Crippen molar-refractivity contribution in [3.05, 3.63) is 102 Å². The summed E-state index contributed by atoms with van der Waals surface area (Å²) in [6, 6.07) is 25.9. The maximum Gasteiger partial charge on any atom is 0.412 e. The van der Waals surface area contributed by atoms with Gasteiger partial charge in [0.2, 0.25) is 5.91 Å². The molecule has 4 rings (SSSR count). The Morgan fingerprint density at radius 1 is 0.943 bits per heavy atom. The second kappa shape index (κ2) is 10.3. The molecule has 3 aromatic rings. The fourth-order valence-electron chi connectivity index (χ4n) is 4.71. The fraction of sp³-hybridized carbons (Fsp3) is 0.286. The molecule has 1 fully saturated rings. The van der Waals surface area contributed by atoms with E-state index in [1.807, 2.05) is 74.5 Å². The van der Waals surface area contributed by atoms with Crippen LogP contribution >= 0.6 is 0 Å². The number of hydrogen-bond donors (Lipinski definition) is 3. The molecule has 3 atom stereocenters. The molecule has 0 spiro atoms. The van der Waals surface area contributed by atoms with E-state index < -0.39 is 29.9 Å². The number of nitrogens with zero attached hydrogens (tertiary/aromatic N) is 2. The number of aliphatic hydroxyl groups is 1. The Kier molecular flexibility index (Phi) is 7.19. The lowest BCUT2D eigenvalue weighted by molar-refractivity contribution is -0.134. The molecule has 0 aromatic heterocycles. The molecule has 3 aromatic carbocycles. The number of carbonyl (C=O) groups is 2. The van der Waals surface area contributed by atoms with Gasteiger partial charge < -0.3 is 15.1 Å². The zero-order chi connectivity index (χ0) is 25.0. The lowest BCUT2D eigenvalue weighted by Crippen LogP contribution is -2.57. The number of para-hydroxylation sites is 1. The van der Waals surface area contributed by atoms with E-state index in [0.717, 1.165) is 11.1 Å². The number of aliphatic hydroxyl groups excluding tert-OH is 1. The van der Waals surface area contributed by atoms with Crippen molar-refractivity contribution in [2.75, 3.05) is 4.90 Å². The van der Waals surface area contributed by atoms with Crippen LogP contribution in [0.1, 0.15) is 25.0 Å². The molecule has 182 valence electrons. The number of hydrogen-bond acceptors (Lipinski definition) is 4. The van der Waals surface area contributed by atoms with Gasteiger partial charge in [0.15, 0.2) is 0 Å². The van der Waals surface area contributed by atoms with Gasteiger partial charge in [-0.1, -0.05) is 78.9 Å². The molecule has 3 N–H and O–H groups in total. The van der Waals surface area contributed by atoms with Crippen molar-refractivity contribution in [3.63, 3.8) is 0 Å². The van der Waals surface area contributed by atoms with E-state index in [1.54, 1.807) is 35.2 Å². The number of anilines is 1. The summed E-state index contributed by atoms with van der Waals surface area (Å²) in [7, 11) is 0. The van der Waals surface area contributed by atoms with E-state index in [1.165, 1.54) is 4.90 Å². The molecular formula is C28H31N3O4. The molecular weight excluding hydrogens is 442 g/mol. The van der Waals surface area contributed by atoms with Crippen LogP contribution in [0.25, 0.3) is 0 Å². The number of rotatable bonds is 8. The van der Waals surface area contributed by atoms with Gasteiger partial charge in [0.05, 0.1) is 17.8 Å². The van der Waals surface area contributed by atoms with Crippen LogP contribution in [-0.4, -0.2) is 51.0 Å². The van der Waals surface area contributed by atoms with Crippen LogP contribution in [0.4, 0.5) is 10.5 Å². The van der Waals surface area contributed by atoms with E-state index in [9.17, 15) is 19.8 Å². The van der Waals surface area contributed by atoms with Crippen LogP contribution in [0, 0.1) is 0 Å². The topological polar surface area (TPSA) is 93.1 Å². The molecule has 0 aliphatic carbocycles. The highest BCUT2D eigenvalue weighted by Crippen LogP contribution is 2.29. The summed E-state index contributed by atoms with van der Waals surface area (Å²) in [6.45, 7) is 4.16. The van der Waals surface area contributed by atoms with Crippen molar-refractivity contribution >= 4 is 17.7 Å². The summed E-state index contributed by atoms with van der Waals surface area (Å²) in [5.74, 6) is -0.261. The second-order valence-electron chi connectivity index (χ2n) is 9.33. The van der Waals surface area contributed by atoms with Crippen LogP contribution < -0.4 is 10.2 Å². The summed E-state index contributed by atoms with van der Waals surface area (Å²) in [4.78, 5) is 28.9. The van der Waals surface area contributed by atoms with Gasteiger partial charge in [0, 0.05) is 12.2 Å². The van der Waals surface area contributed by atoms with Crippen molar-refractivity contribution in [2.45, 2.75) is 50.7 Å². The van der Waals surface area contributed by atoms with E-state index >= 15 is 0 Å². The average Bonchev–Trinajstić information content (AvgIpc) is 3.08. The number of carbonyl (C=O) groups excluding carboxylic acids is 1. The molecule has 7 nitrogen and oxygen atoms in total. The van der Waals surface area contributed by atoms with Gasteiger partial charge in [-0.15, -0.1) is 0 Å². The van der Waals surface area contributed by atoms with Gasteiger partial charge in [-0.2, -0.15) is 0 Å². The lowest BCUT2D eigenvalue weighted by Gasteiger charge is -2.35. The molecule has 1 heterocycles. The molecule has 1 saturated heterocycles. The van der Waals surface area contributed by atoms with Gasteiger partial charge in [0.25, 0.3) is 0 Å². The summed E-state index contributed by atoms with van der Waals surface area (Å²) in [5, 5.41) is 25.1. The van der Waals surface area contributed by atoms with E-state index in [-0.39, 0.29) is 12.3 Å². The van der Waals surface area contributed by atoms with Crippen LogP contribution in [-0.2, 0) is 17.8 Å². The first-order valence-corrected chi connectivity index (χ1v) is 11.7. The smallest absolute Gasteiger partial charge is 0.412 e. The Morgan fingerprint density at radius 3 is 2.00 bits per heavy atom. The molecule has 1 aliphatic rings. The third-order valence-electron chi connectivity index (χ3n) is 6.49. The van der Waals surface area contributed by atoms with E-state index in [0.29, 0.717) is 12.2 Å². The first-order chi connectivity index (χ1) is 16.8. The molecule has 0 radical (unpaired) electrons. The van der Waals surface area contributed by atoms with Crippen molar-refractivity contribution < 1.29 is 19.8 Å². The van der Waals surface area contributed by atoms with Crippen LogP contribution in [0.5, 0.6) is 0 Å². The van der Waals surface area contributed by atoms with Crippen molar-refractivity contribution in [1.82, 2.24) is 10.2 Å². The highest BCUT2D eigenvalue weighted by Gasteiger charge is 2.50. The van der Waals surface area contributed by atoms with Crippen molar-refractivity contribution in [2.24, 2.45) is 0 Å². The van der Waals surface area contributed by atoms with Gasteiger partial charge in [-0.05, 0) is 43.5 Å². The molecule has 0 saturated carbocycles. The quantitative estimate of drug-likeness (QED) is 0.462. The highest BCUT2D eigenvalue weighted by molar-refractivity contribution is 5.89. The molecule has 7 heteroatoms. The standard InChI is InChI=1S/C28H31N3O4/c1-28(2)29-24(26(33)30(28)19-21-14-8-4-9-15-21)25(32)23(18-20-12-6-3-7-13-20)31(27(34)35)22-16-10-5-11-17-22/h3-17,23-25,29,32H,18-19H2,1-2H3,(H,34,35)/t23-,24?,25?/m0/s1. The van der Waals surface area contributed by atoms with Crippen LogP contribution in [0.3, 0.4) is 0 Å². The predicted octanol–water partition coefficient (Wildman–Crippen LogP) is 3.88. The Labute approximate surface area is 205 Å². The Hall–Kier alpha value is -3.68. The summed E-state index contributed by atoms with van der Waals surface area (Å²) >= 11 is 0. The van der Waals surface area contributed by atoms with Gasteiger partial charge >= 0.3 is 6.09 Å². The predicted molar refractivity (Wildman–Crippen MR) is 135 cm³/mol. The number of amides is 2. The molecule has 35 heavy (non-hydrogen) atoms. The minimum Gasteiger partial charge on any atom is -0.465 e. The summed E-state index contributed by atoms with van der Waals surface area (Å²) < 4.78 is 0. The Morgan fingerprint density at radius 2 is 1.46 bits per heavy atom. The van der Waals surface area contributed by atoms with Crippen molar-refractivity contribution in [1.29, 1.82) is 0 Å². The maximum absolute atomic E-state index is 13.6. The summed E-state index contributed by atoms with van der Waals surface area (Å²) in [6.07, 6.45) is -2.24. The highest BCUT2D eigenvalue weighted by atomic mass is 16.4. The van der Waals surface area contributed by atoms with Crippen LogP contribution in [0.15, 0.2) is 91.0 Å². The second-order valence-corrected chi connectivity index (χ2v) is 9.33. The molecule has 0 bridgehead atoms. The lowest BCUT2D eigenvalue weighted by atomic mass is 9.94. The SMILES string of the molecule is CC1(C)NC(C(O)[C@H](Cc2ccccc2)N(C(=O)O)c2ccccc2)C(=O)N1Cc1ccccc1. The zero-order valence-electron chi connectivity index (χ0n) is 19.9. The third kappa shape index (κ3) is 5.37. The van der Waals surface area contributed by atoms with Gasteiger partial charge in [-0.3, -0.25) is 15.0 Å². The molecule has 1 aliphatic heterocycles. The Bertz CT molecular complexity index is 1140. The third-order valence-corrected chi connectivity index (χ3v) is 6.49. The monoisotopic (exact) mass is 473 g/mol. The normalized spacial score (nSPS) is 18.8. The van der Waals surface area contributed by atoms with E-state index in [4.69, 9.17) is 0 Å². The molecule has 2 amide bonds. The number of benzene rings is 3. The van der Waals surface area contributed by atoms with E-state index in [2.05, 4.69) is 5.32 Å². The maximum atomic E-state index is 13.6. The number of carboxylic acid groups (broad SMARTS) is 1. The first kappa shape index (κ1) is 24.4.